The number of hydrogen-bond acceptors (Lipinski definition) is 7. The molecule has 4 fully saturated rings. The number of alkyl carbamates (subject to hydrolysis) is 1. The first kappa shape index (κ1) is 56.0. The maximum absolute atomic E-state index is 13.1. The van der Waals surface area contributed by atoms with Crippen LogP contribution in [0.15, 0.2) is 23.8 Å². The summed E-state index contributed by atoms with van der Waals surface area (Å²) in [4.78, 5) is 28.6. The molecule has 0 bridgehead atoms. The third-order valence-corrected chi connectivity index (χ3v) is 17.9. The van der Waals surface area contributed by atoms with E-state index >= 15 is 0 Å². The lowest BCUT2D eigenvalue weighted by Crippen LogP contribution is -2.51. The SMILES string of the molecule is CCCCCCCC/C=C\CCCCCCCCOCC(CN1CCCCC1)OCCOC(=O)[C@H](C)NC(=O)O[C@H]1CC[C@@]2(C)C(=CC[C@H]3[C@@H]4CC[C@H]([C@H](C)CCCC(C)C)[C@@]4(C)CC[C@@H]32)C1. The average Bonchev–Trinajstić information content (AvgIpc) is 3.67. The maximum atomic E-state index is 13.1. The van der Waals surface area contributed by atoms with Gasteiger partial charge in [0.2, 0.25) is 0 Å². The molecule has 5 rings (SSSR count). The molecule has 1 saturated heterocycles. The summed E-state index contributed by atoms with van der Waals surface area (Å²) in [6.07, 6.45) is 42.1. The third kappa shape index (κ3) is 18.0. The number of carbonyl (C=O) groups is 2. The molecule has 1 heterocycles. The summed E-state index contributed by atoms with van der Waals surface area (Å²) < 4.78 is 24.0. The van der Waals surface area contributed by atoms with Gasteiger partial charge in [0.05, 0.1) is 19.3 Å². The number of ether oxygens (including phenoxy) is 4. The zero-order chi connectivity index (χ0) is 47.9. The second-order valence-electron chi connectivity index (χ2n) is 23.5. The molecule has 1 amide bonds. The Hall–Kier alpha value is -1.90. The van der Waals surface area contributed by atoms with Gasteiger partial charge >= 0.3 is 12.1 Å². The number of amides is 1. The van der Waals surface area contributed by atoms with Gasteiger partial charge in [-0.15, -0.1) is 0 Å². The van der Waals surface area contributed by atoms with E-state index in [2.05, 4.69) is 70.0 Å². The molecule has 4 aliphatic carbocycles. The van der Waals surface area contributed by atoms with E-state index in [0.29, 0.717) is 18.6 Å². The molecular weight excluding hydrogens is 833 g/mol. The lowest BCUT2D eigenvalue weighted by molar-refractivity contribution is -0.148. The fourth-order valence-electron chi connectivity index (χ4n) is 13.9. The molecule has 0 aromatic heterocycles. The summed E-state index contributed by atoms with van der Waals surface area (Å²) in [6, 6.07) is -0.801. The molecule has 1 aliphatic heterocycles. The van der Waals surface area contributed by atoms with Crippen LogP contribution >= 0.6 is 0 Å². The Kier molecular flexibility index (Phi) is 25.2. The van der Waals surface area contributed by atoms with Crippen molar-refractivity contribution in [2.45, 2.75) is 246 Å². The minimum atomic E-state index is -0.801. The Bertz CT molecular complexity index is 1460. The van der Waals surface area contributed by atoms with Crippen LogP contribution in [0.1, 0.15) is 228 Å². The third-order valence-electron chi connectivity index (χ3n) is 17.9. The Morgan fingerprint density at radius 3 is 2.19 bits per heavy atom. The van der Waals surface area contributed by atoms with Crippen molar-refractivity contribution in [1.29, 1.82) is 0 Å². The fourth-order valence-corrected chi connectivity index (χ4v) is 13.9. The quantitative estimate of drug-likeness (QED) is 0.0408. The van der Waals surface area contributed by atoms with E-state index in [4.69, 9.17) is 18.9 Å². The van der Waals surface area contributed by atoms with Crippen molar-refractivity contribution < 1.29 is 28.5 Å². The highest BCUT2D eigenvalue weighted by Crippen LogP contribution is 2.67. The van der Waals surface area contributed by atoms with E-state index in [1.54, 1.807) is 6.92 Å². The summed E-state index contributed by atoms with van der Waals surface area (Å²) in [6.45, 7) is 21.2. The van der Waals surface area contributed by atoms with Crippen molar-refractivity contribution >= 4 is 12.1 Å². The van der Waals surface area contributed by atoms with Crippen LogP contribution in [0.5, 0.6) is 0 Å². The number of unbranched alkanes of at least 4 members (excludes halogenated alkanes) is 12. The van der Waals surface area contributed by atoms with Gasteiger partial charge in [0.25, 0.3) is 0 Å². The van der Waals surface area contributed by atoms with Gasteiger partial charge < -0.3 is 29.2 Å². The van der Waals surface area contributed by atoms with E-state index in [-0.39, 0.29) is 24.2 Å². The zero-order valence-corrected chi connectivity index (χ0v) is 44.6. The topological polar surface area (TPSA) is 86.3 Å². The molecule has 67 heavy (non-hydrogen) atoms. The molecule has 0 aromatic carbocycles. The second-order valence-corrected chi connectivity index (χ2v) is 23.5. The first-order valence-electron chi connectivity index (χ1n) is 28.8. The molecule has 0 radical (unpaired) electrons. The van der Waals surface area contributed by atoms with Crippen LogP contribution in [-0.2, 0) is 23.7 Å². The number of fused-ring (bicyclic) bond motifs is 5. The normalized spacial score (nSPS) is 28.9. The molecule has 10 atom stereocenters. The van der Waals surface area contributed by atoms with Crippen LogP contribution in [-0.4, -0.2) is 81.3 Å². The molecule has 5 aliphatic rings. The number of rotatable bonds is 32. The highest BCUT2D eigenvalue weighted by atomic mass is 16.6. The molecule has 1 N–H and O–H groups in total. The lowest BCUT2D eigenvalue weighted by atomic mass is 9.47. The number of esters is 1. The summed E-state index contributed by atoms with van der Waals surface area (Å²) in [5.74, 6) is 4.38. The van der Waals surface area contributed by atoms with E-state index in [1.807, 2.05) is 0 Å². The van der Waals surface area contributed by atoms with Crippen LogP contribution in [0.3, 0.4) is 0 Å². The number of carbonyl (C=O) groups excluding carboxylic acids is 2. The number of nitrogens with one attached hydrogen (secondary N) is 1. The van der Waals surface area contributed by atoms with E-state index in [0.717, 1.165) is 87.4 Å². The van der Waals surface area contributed by atoms with Crippen LogP contribution < -0.4 is 5.32 Å². The summed E-state index contributed by atoms with van der Waals surface area (Å²) in [5.41, 5.74) is 2.19. The Labute approximate surface area is 412 Å². The van der Waals surface area contributed by atoms with Crippen LogP contribution in [0.25, 0.3) is 0 Å². The van der Waals surface area contributed by atoms with Crippen molar-refractivity contribution in [1.82, 2.24) is 10.2 Å². The predicted molar refractivity (Wildman–Crippen MR) is 277 cm³/mol. The molecule has 0 spiro atoms. The average molecular weight is 937 g/mol. The van der Waals surface area contributed by atoms with Gasteiger partial charge in [-0.2, -0.15) is 0 Å². The van der Waals surface area contributed by atoms with E-state index < -0.39 is 18.1 Å². The van der Waals surface area contributed by atoms with Crippen molar-refractivity contribution in [2.75, 3.05) is 46.1 Å². The fraction of sp³-hybridized carbons (Fsp3) is 0.898. The summed E-state index contributed by atoms with van der Waals surface area (Å²) in [7, 11) is 0. The standard InChI is InChI=1S/C59H104N2O6/c1-8-9-10-11-12-13-14-15-16-17-18-19-20-21-22-26-40-64-45-51(44-61-38-24-23-25-39-61)65-41-42-66-56(62)48(5)60-57(63)67-50-34-36-58(6)49(43-50)30-31-52-54-33-32-53(47(4)29-27-28-46(2)3)59(54,7)37-35-55(52)58/h15-16,30,46-48,50-55H,8-14,17-29,31-45H2,1-7H3,(H,60,63)/b16-15-/t47-,48+,50+,51?,52+,53-,54+,55+,58+,59-/m1/s1. The second kappa shape index (κ2) is 30.1. The molecule has 3 saturated carbocycles. The first-order chi connectivity index (χ1) is 32.4. The number of likely N-dealkylation sites (tertiary alicyclic amines) is 1. The molecule has 8 heteroatoms. The molecule has 1 unspecified atom stereocenters. The van der Waals surface area contributed by atoms with Gasteiger partial charge in [0.1, 0.15) is 18.8 Å². The van der Waals surface area contributed by atoms with Crippen LogP contribution in [0, 0.1) is 46.3 Å². The van der Waals surface area contributed by atoms with E-state index in [1.165, 1.54) is 160 Å². The molecule has 8 nitrogen and oxygen atoms in total. The van der Waals surface area contributed by atoms with Crippen LogP contribution in [0.2, 0.25) is 0 Å². The Balaban J connectivity index is 0.939. The first-order valence-corrected chi connectivity index (χ1v) is 28.8. The monoisotopic (exact) mass is 937 g/mol. The maximum Gasteiger partial charge on any atom is 0.408 e. The minimum Gasteiger partial charge on any atom is -0.462 e. The van der Waals surface area contributed by atoms with Crippen molar-refractivity contribution in [3.8, 4) is 0 Å². The highest BCUT2D eigenvalue weighted by Gasteiger charge is 2.59. The predicted octanol–water partition coefficient (Wildman–Crippen LogP) is 15.0. The van der Waals surface area contributed by atoms with Gasteiger partial charge in [0, 0.05) is 19.6 Å². The van der Waals surface area contributed by atoms with Gasteiger partial charge in [-0.1, -0.05) is 149 Å². The van der Waals surface area contributed by atoms with Gasteiger partial charge in [0.15, 0.2) is 0 Å². The van der Waals surface area contributed by atoms with Crippen LogP contribution in [0.4, 0.5) is 4.79 Å². The van der Waals surface area contributed by atoms with Gasteiger partial charge in [-0.3, -0.25) is 0 Å². The Morgan fingerprint density at radius 2 is 1.48 bits per heavy atom. The van der Waals surface area contributed by atoms with Crippen molar-refractivity contribution in [2.24, 2.45) is 46.3 Å². The summed E-state index contributed by atoms with van der Waals surface area (Å²) in [5, 5.41) is 2.77. The number of hydrogen-bond donors (Lipinski definition) is 1. The van der Waals surface area contributed by atoms with Crippen molar-refractivity contribution in [3.63, 3.8) is 0 Å². The van der Waals surface area contributed by atoms with Gasteiger partial charge in [-0.05, 0) is 156 Å². The van der Waals surface area contributed by atoms with E-state index in [9.17, 15) is 9.59 Å². The van der Waals surface area contributed by atoms with Gasteiger partial charge in [-0.25, -0.2) is 9.59 Å². The molecular formula is C59H104N2O6. The largest absolute Gasteiger partial charge is 0.462 e. The summed E-state index contributed by atoms with van der Waals surface area (Å²) >= 11 is 0. The molecule has 386 valence electrons. The molecule has 0 aromatic rings. The lowest BCUT2D eigenvalue weighted by Gasteiger charge is -2.58. The minimum absolute atomic E-state index is 0.0644. The van der Waals surface area contributed by atoms with Crippen molar-refractivity contribution in [3.05, 3.63) is 23.8 Å². The smallest absolute Gasteiger partial charge is 0.408 e. The number of nitrogens with zero attached hydrogens (tertiary/aromatic N) is 1. The number of allylic oxidation sites excluding steroid dienone is 3. The highest BCUT2D eigenvalue weighted by molar-refractivity contribution is 5.80. The Morgan fingerprint density at radius 1 is 0.776 bits per heavy atom. The zero-order valence-electron chi connectivity index (χ0n) is 44.6. The number of piperidine rings is 1.